The summed E-state index contributed by atoms with van der Waals surface area (Å²) in [7, 11) is 2.16. The molecule has 1 saturated heterocycles. The van der Waals surface area contributed by atoms with Crippen molar-refractivity contribution >= 4 is 5.57 Å². The highest BCUT2D eigenvalue weighted by atomic mass is 16.5. The van der Waals surface area contributed by atoms with E-state index in [-0.39, 0.29) is 6.23 Å². The topological polar surface area (TPSA) is 30.3 Å². The minimum atomic E-state index is 0.146. The van der Waals surface area contributed by atoms with Crippen molar-refractivity contribution in [3.05, 3.63) is 23.5 Å². The van der Waals surface area contributed by atoms with E-state index in [0.29, 0.717) is 0 Å². The van der Waals surface area contributed by atoms with Gasteiger partial charge in [-0.25, -0.2) is 4.68 Å². The Balaban J connectivity index is 1.81. The van der Waals surface area contributed by atoms with E-state index < -0.39 is 0 Å². The molecule has 1 fully saturated rings. The molecule has 1 unspecified atom stereocenters. The van der Waals surface area contributed by atoms with Gasteiger partial charge in [-0.3, -0.25) is 0 Å². The van der Waals surface area contributed by atoms with Crippen LogP contribution in [0.25, 0.3) is 5.57 Å². The van der Waals surface area contributed by atoms with Gasteiger partial charge in [0.25, 0.3) is 0 Å². The van der Waals surface area contributed by atoms with Crippen LogP contribution in [-0.2, 0) is 4.74 Å². The monoisotopic (exact) mass is 261 g/mol. The number of likely N-dealkylation sites (N-methyl/N-ethyl adjacent to an activating group) is 1. The van der Waals surface area contributed by atoms with Crippen molar-refractivity contribution in [1.82, 2.24) is 14.7 Å². The van der Waals surface area contributed by atoms with E-state index >= 15 is 0 Å². The predicted octanol–water partition coefficient (Wildman–Crippen LogP) is 2.61. The number of rotatable bonds is 2. The molecule has 0 bridgehead atoms. The minimum absolute atomic E-state index is 0.146. The highest BCUT2D eigenvalue weighted by Gasteiger charge is 2.20. The maximum atomic E-state index is 5.81. The van der Waals surface area contributed by atoms with E-state index in [1.165, 1.54) is 29.7 Å². The van der Waals surface area contributed by atoms with Crippen LogP contribution in [0.4, 0.5) is 0 Å². The molecule has 0 aromatic carbocycles. The molecular formula is C15H23N3O. The van der Waals surface area contributed by atoms with Gasteiger partial charge in [0.15, 0.2) is 0 Å². The summed E-state index contributed by atoms with van der Waals surface area (Å²) in [6.45, 7) is 5.17. The maximum absolute atomic E-state index is 5.81. The number of aryl methyl sites for hydroxylation is 1. The average molecular weight is 261 g/mol. The van der Waals surface area contributed by atoms with Crippen molar-refractivity contribution in [2.45, 2.75) is 38.8 Å². The van der Waals surface area contributed by atoms with Gasteiger partial charge >= 0.3 is 0 Å². The molecule has 3 rings (SSSR count). The van der Waals surface area contributed by atoms with Crippen LogP contribution in [0.3, 0.4) is 0 Å². The van der Waals surface area contributed by atoms with Crippen LogP contribution in [0, 0.1) is 6.92 Å². The number of hydrogen-bond acceptors (Lipinski definition) is 3. The highest BCUT2D eigenvalue weighted by molar-refractivity contribution is 5.65. The molecule has 1 atom stereocenters. The fourth-order valence-electron chi connectivity index (χ4n) is 2.87. The zero-order valence-electron chi connectivity index (χ0n) is 11.9. The summed E-state index contributed by atoms with van der Waals surface area (Å²) >= 11 is 0. The van der Waals surface area contributed by atoms with Crippen molar-refractivity contribution in [1.29, 1.82) is 0 Å². The van der Waals surface area contributed by atoms with Gasteiger partial charge in [-0.2, -0.15) is 5.10 Å². The van der Waals surface area contributed by atoms with Crippen LogP contribution in [0.2, 0.25) is 0 Å². The first-order chi connectivity index (χ1) is 9.24. The number of nitrogens with zero attached hydrogens (tertiary/aromatic N) is 3. The molecule has 0 N–H and O–H groups in total. The predicted molar refractivity (Wildman–Crippen MR) is 75.9 cm³/mol. The molecule has 19 heavy (non-hydrogen) atoms. The normalized spacial score (nSPS) is 25.4. The molecule has 4 heteroatoms. The largest absolute Gasteiger partial charge is 0.357 e. The van der Waals surface area contributed by atoms with Crippen molar-refractivity contribution in [3.63, 3.8) is 0 Å². The van der Waals surface area contributed by atoms with Gasteiger partial charge in [-0.15, -0.1) is 0 Å². The van der Waals surface area contributed by atoms with Gasteiger partial charge in [0.2, 0.25) is 0 Å². The van der Waals surface area contributed by atoms with E-state index in [0.717, 1.165) is 32.5 Å². The molecule has 3 heterocycles. The second kappa shape index (κ2) is 5.47. The Morgan fingerprint density at radius 2 is 2.26 bits per heavy atom. The lowest BCUT2D eigenvalue weighted by molar-refractivity contribution is -0.0395. The van der Waals surface area contributed by atoms with E-state index in [1.54, 1.807) is 0 Å². The summed E-state index contributed by atoms with van der Waals surface area (Å²) < 4.78 is 7.84. The zero-order chi connectivity index (χ0) is 13.2. The molecule has 0 amide bonds. The molecule has 1 aromatic rings. The van der Waals surface area contributed by atoms with E-state index in [9.17, 15) is 0 Å². The average Bonchev–Trinajstić information content (AvgIpc) is 2.83. The Morgan fingerprint density at radius 1 is 1.37 bits per heavy atom. The van der Waals surface area contributed by atoms with Gasteiger partial charge < -0.3 is 9.64 Å². The fraction of sp³-hybridized carbons (Fsp3) is 0.667. The van der Waals surface area contributed by atoms with Crippen molar-refractivity contribution in [2.24, 2.45) is 0 Å². The molecule has 0 radical (unpaired) electrons. The zero-order valence-corrected chi connectivity index (χ0v) is 11.9. The van der Waals surface area contributed by atoms with Crippen LogP contribution in [0.1, 0.15) is 43.2 Å². The highest BCUT2D eigenvalue weighted by Crippen LogP contribution is 2.27. The standard InChI is InChI=1S/C15H23N3O/c1-12-11-18(14-5-3-4-10-19-14)16-15(12)13-6-8-17(2)9-7-13/h6,11,14H,3-5,7-10H2,1-2H3. The Bertz CT molecular complexity index is 472. The molecule has 2 aliphatic rings. The molecule has 0 saturated carbocycles. The first-order valence-corrected chi connectivity index (χ1v) is 7.29. The Hall–Kier alpha value is -1.13. The van der Waals surface area contributed by atoms with E-state index in [4.69, 9.17) is 9.84 Å². The van der Waals surface area contributed by atoms with Crippen LogP contribution in [0.15, 0.2) is 12.3 Å². The third kappa shape index (κ3) is 2.74. The van der Waals surface area contributed by atoms with Crippen molar-refractivity contribution in [2.75, 3.05) is 26.7 Å². The fourth-order valence-corrected chi connectivity index (χ4v) is 2.87. The first-order valence-electron chi connectivity index (χ1n) is 7.29. The third-order valence-corrected chi connectivity index (χ3v) is 4.08. The molecule has 2 aliphatic heterocycles. The van der Waals surface area contributed by atoms with Crippen LogP contribution in [0.5, 0.6) is 0 Å². The first kappa shape index (κ1) is 12.9. The van der Waals surface area contributed by atoms with Crippen LogP contribution < -0.4 is 0 Å². The molecule has 0 spiro atoms. The maximum Gasteiger partial charge on any atom is 0.150 e. The molecule has 4 nitrogen and oxygen atoms in total. The van der Waals surface area contributed by atoms with Gasteiger partial charge in [0.05, 0.1) is 5.69 Å². The van der Waals surface area contributed by atoms with Crippen molar-refractivity contribution < 1.29 is 4.74 Å². The van der Waals surface area contributed by atoms with Gasteiger partial charge in [0, 0.05) is 25.9 Å². The summed E-state index contributed by atoms with van der Waals surface area (Å²) in [4.78, 5) is 2.33. The smallest absolute Gasteiger partial charge is 0.150 e. The lowest BCUT2D eigenvalue weighted by Crippen LogP contribution is -2.24. The summed E-state index contributed by atoms with van der Waals surface area (Å²) in [5, 5.41) is 4.79. The summed E-state index contributed by atoms with van der Waals surface area (Å²) in [5.74, 6) is 0. The Labute approximate surface area is 115 Å². The van der Waals surface area contributed by atoms with Gasteiger partial charge in [-0.05, 0) is 50.8 Å². The summed E-state index contributed by atoms with van der Waals surface area (Å²) in [6.07, 6.45) is 9.21. The quantitative estimate of drug-likeness (QED) is 0.820. The SMILES string of the molecule is Cc1cn(C2CCCCO2)nc1C1=CCN(C)CC1. The minimum Gasteiger partial charge on any atom is -0.357 e. The van der Waals surface area contributed by atoms with Crippen LogP contribution in [-0.4, -0.2) is 41.4 Å². The Kier molecular flexibility index (Phi) is 3.71. The molecule has 104 valence electrons. The second-order valence-corrected chi connectivity index (χ2v) is 5.70. The van der Waals surface area contributed by atoms with Crippen LogP contribution >= 0.6 is 0 Å². The van der Waals surface area contributed by atoms with Crippen molar-refractivity contribution in [3.8, 4) is 0 Å². The van der Waals surface area contributed by atoms with E-state index in [2.05, 4.69) is 31.1 Å². The molecule has 1 aromatic heterocycles. The Morgan fingerprint density at radius 3 is 2.95 bits per heavy atom. The van der Waals surface area contributed by atoms with Gasteiger partial charge in [-0.1, -0.05) is 6.08 Å². The summed E-state index contributed by atoms with van der Waals surface area (Å²) in [5.41, 5.74) is 3.83. The number of aromatic nitrogens is 2. The lowest BCUT2D eigenvalue weighted by Gasteiger charge is -2.23. The molecule has 0 aliphatic carbocycles. The lowest BCUT2D eigenvalue weighted by atomic mass is 10.0. The third-order valence-electron chi connectivity index (χ3n) is 4.08. The van der Waals surface area contributed by atoms with Gasteiger partial charge in [0.1, 0.15) is 6.23 Å². The second-order valence-electron chi connectivity index (χ2n) is 5.70. The summed E-state index contributed by atoms with van der Waals surface area (Å²) in [6, 6.07) is 0. The van der Waals surface area contributed by atoms with E-state index in [1.807, 2.05) is 4.68 Å². The molecular weight excluding hydrogens is 238 g/mol. The number of ether oxygens (including phenoxy) is 1. The number of hydrogen-bond donors (Lipinski definition) is 0.